The van der Waals surface area contributed by atoms with Gasteiger partial charge in [0.1, 0.15) is 0 Å². The third-order valence-electron chi connectivity index (χ3n) is 3.44. The second kappa shape index (κ2) is 5.39. The number of aryl methyl sites for hydroxylation is 1. The van der Waals surface area contributed by atoms with E-state index in [-0.39, 0.29) is 5.78 Å². The summed E-state index contributed by atoms with van der Waals surface area (Å²) >= 11 is 0. The number of ketones is 1. The topological polar surface area (TPSA) is 34.9 Å². The molecule has 1 aromatic carbocycles. The van der Waals surface area contributed by atoms with E-state index in [4.69, 9.17) is 0 Å². The monoisotopic (exact) mass is 256 g/mol. The Kier molecular flexibility index (Phi) is 3.84. The Labute approximate surface area is 114 Å². The van der Waals surface area contributed by atoms with Crippen LogP contribution in [0.1, 0.15) is 47.1 Å². The van der Waals surface area contributed by atoms with Crippen LogP contribution in [-0.2, 0) is 6.42 Å². The lowest BCUT2D eigenvalue weighted by atomic mass is 9.98. The minimum Gasteiger partial charge on any atom is -0.294 e. The van der Waals surface area contributed by atoms with Gasteiger partial charge in [0.25, 0.3) is 0 Å². The van der Waals surface area contributed by atoms with E-state index < -0.39 is 0 Å². The molecule has 0 unspecified atom stereocenters. The largest absolute Gasteiger partial charge is 0.294 e. The van der Waals surface area contributed by atoms with Crippen molar-refractivity contribution in [3.8, 4) is 0 Å². The van der Waals surface area contributed by atoms with Crippen molar-refractivity contribution >= 4 is 5.78 Å². The molecule has 0 fully saturated rings. The maximum absolute atomic E-state index is 12.3. The summed E-state index contributed by atoms with van der Waals surface area (Å²) in [7, 11) is 0. The average Bonchev–Trinajstić information content (AvgIpc) is 2.81. The fraction of sp³-hybridized carbons (Fsp3) is 0.375. The lowest BCUT2D eigenvalue weighted by molar-refractivity contribution is 0.0991. The Bertz CT molecular complexity index is 597. The Hall–Kier alpha value is -1.90. The molecule has 0 aliphatic carbocycles. The molecule has 0 amide bonds. The van der Waals surface area contributed by atoms with Crippen molar-refractivity contribution < 1.29 is 4.79 Å². The molecule has 0 bridgehead atoms. The molecule has 3 heteroatoms. The van der Waals surface area contributed by atoms with Gasteiger partial charge in [-0.3, -0.25) is 9.48 Å². The number of benzene rings is 1. The summed E-state index contributed by atoms with van der Waals surface area (Å²) in [6, 6.07) is 8.10. The molecule has 0 spiro atoms. The van der Waals surface area contributed by atoms with Crippen LogP contribution in [0.15, 0.2) is 30.5 Å². The number of nitrogens with zero attached hydrogens (tertiary/aromatic N) is 2. The molecule has 1 aromatic heterocycles. The summed E-state index contributed by atoms with van der Waals surface area (Å²) in [5.74, 6) is 0.134. The number of carbonyl (C=O) groups excluding carboxylic acids is 1. The molecule has 0 atom stereocenters. The van der Waals surface area contributed by atoms with E-state index in [0.717, 1.165) is 22.4 Å². The van der Waals surface area contributed by atoms with Gasteiger partial charge in [0.15, 0.2) is 5.78 Å². The third kappa shape index (κ3) is 2.92. The van der Waals surface area contributed by atoms with Crippen LogP contribution in [-0.4, -0.2) is 15.6 Å². The first-order valence-corrected chi connectivity index (χ1v) is 6.62. The van der Waals surface area contributed by atoms with Crippen LogP contribution in [0.2, 0.25) is 0 Å². The highest BCUT2D eigenvalue weighted by Gasteiger charge is 2.13. The lowest BCUT2D eigenvalue weighted by Crippen LogP contribution is -2.08. The Morgan fingerprint density at radius 2 is 2.00 bits per heavy atom. The van der Waals surface area contributed by atoms with Crippen LogP contribution in [0.3, 0.4) is 0 Å². The van der Waals surface area contributed by atoms with E-state index in [9.17, 15) is 4.79 Å². The molecule has 19 heavy (non-hydrogen) atoms. The molecule has 2 rings (SSSR count). The molecular weight excluding hydrogens is 236 g/mol. The smallest absolute Gasteiger partial charge is 0.169 e. The maximum atomic E-state index is 12.3. The van der Waals surface area contributed by atoms with Crippen LogP contribution >= 0.6 is 0 Å². The maximum Gasteiger partial charge on any atom is 0.169 e. The van der Waals surface area contributed by atoms with Crippen LogP contribution < -0.4 is 0 Å². The third-order valence-corrected chi connectivity index (χ3v) is 3.44. The Morgan fingerprint density at radius 1 is 1.26 bits per heavy atom. The number of aromatic nitrogens is 2. The quantitative estimate of drug-likeness (QED) is 0.785. The van der Waals surface area contributed by atoms with Gasteiger partial charge in [0, 0.05) is 17.8 Å². The summed E-state index contributed by atoms with van der Waals surface area (Å²) in [4.78, 5) is 12.3. The molecule has 0 N–H and O–H groups in total. The SMILES string of the molecule is Cc1cccc(C(=O)Cc2ccn(C(C)C)n2)c1C. The van der Waals surface area contributed by atoms with Gasteiger partial charge in [0.2, 0.25) is 0 Å². The lowest BCUT2D eigenvalue weighted by Gasteiger charge is -2.07. The van der Waals surface area contributed by atoms with Crippen LogP contribution in [0.4, 0.5) is 0 Å². The number of hydrogen-bond acceptors (Lipinski definition) is 2. The molecule has 0 radical (unpaired) electrons. The van der Waals surface area contributed by atoms with Crippen LogP contribution in [0.5, 0.6) is 0 Å². The Morgan fingerprint density at radius 3 is 2.63 bits per heavy atom. The van der Waals surface area contributed by atoms with Crippen molar-refractivity contribution in [3.63, 3.8) is 0 Å². The summed E-state index contributed by atoms with van der Waals surface area (Å²) in [6.07, 6.45) is 2.29. The van der Waals surface area contributed by atoms with Crippen LogP contribution in [0, 0.1) is 13.8 Å². The zero-order valence-corrected chi connectivity index (χ0v) is 12.0. The molecular formula is C16H20N2O. The minimum atomic E-state index is 0.134. The van der Waals surface area contributed by atoms with Gasteiger partial charge in [-0.1, -0.05) is 18.2 Å². The predicted molar refractivity (Wildman–Crippen MR) is 76.6 cm³/mol. The minimum absolute atomic E-state index is 0.134. The molecule has 3 nitrogen and oxygen atoms in total. The molecule has 1 heterocycles. The van der Waals surface area contributed by atoms with Crippen LogP contribution in [0.25, 0.3) is 0 Å². The number of Topliss-reactive ketones (excluding diaryl/α,β-unsaturated/α-hetero) is 1. The van der Waals surface area contributed by atoms with Gasteiger partial charge in [0.05, 0.1) is 12.1 Å². The summed E-state index contributed by atoms with van der Waals surface area (Å²) < 4.78 is 1.88. The number of hydrogen-bond donors (Lipinski definition) is 0. The van der Waals surface area contributed by atoms with Crippen molar-refractivity contribution in [1.82, 2.24) is 9.78 Å². The molecule has 0 saturated carbocycles. The van der Waals surface area contributed by atoms with E-state index in [2.05, 4.69) is 18.9 Å². The number of carbonyl (C=O) groups is 1. The van der Waals surface area contributed by atoms with Crippen molar-refractivity contribution in [2.24, 2.45) is 0 Å². The molecule has 0 aliphatic heterocycles. The second-order valence-electron chi connectivity index (χ2n) is 5.23. The number of rotatable bonds is 4. The molecule has 100 valence electrons. The van der Waals surface area contributed by atoms with Gasteiger partial charge in [-0.25, -0.2) is 0 Å². The van der Waals surface area contributed by atoms with Gasteiger partial charge in [-0.2, -0.15) is 5.10 Å². The van der Waals surface area contributed by atoms with E-state index in [1.807, 2.05) is 49.0 Å². The van der Waals surface area contributed by atoms with Gasteiger partial charge < -0.3 is 0 Å². The van der Waals surface area contributed by atoms with Gasteiger partial charge in [-0.05, 0) is 44.9 Å². The first-order chi connectivity index (χ1) is 8.99. The second-order valence-corrected chi connectivity index (χ2v) is 5.23. The molecule has 2 aromatic rings. The first-order valence-electron chi connectivity index (χ1n) is 6.62. The predicted octanol–water partition coefficient (Wildman–Crippen LogP) is 3.51. The fourth-order valence-electron chi connectivity index (χ4n) is 2.07. The zero-order chi connectivity index (χ0) is 14.0. The Balaban J connectivity index is 2.18. The summed E-state index contributed by atoms with van der Waals surface area (Å²) in [5.41, 5.74) is 3.85. The van der Waals surface area contributed by atoms with Gasteiger partial charge >= 0.3 is 0 Å². The molecule has 0 saturated heterocycles. The van der Waals surface area contributed by atoms with Crippen molar-refractivity contribution in [3.05, 3.63) is 52.8 Å². The highest BCUT2D eigenvalue weighted by atomic mass is 16.1. The molecule has 0 aliphatic rings. The van der Waals surface area contributed by atoms with Crippen molar-refractivity contribution in [2.45, 2.75) is 40.2 Å². The van der Waals surface area contributed by atoms with E-state index in [1.165, 1.54) is 0 Å². The zero-order valence-electron chi connectivity index (χ0n) is 12.0. The normalized spacial score (nSPS) is 11.0. The van der Waals surface area contributed by atoms with E-state index in [0.29, 0.717) is 12.5 Å². The highest BCUT2D eigenvalue weighted by molar-refractivity contribution is 5.98. The van der Waals surface area contributed by atoms with Gasteiger partial charge in [-0.15, -0.1) is 0 Å². The summed E-state index contributed by atoms with van der Waals surface area (Å²) in [6.45, 7) is 8.17. The average molecular weight is 256 g/mol. The first kappa shape index (κ1) is 13.5. The fourth-order valence-corrected chi connectivity index (χ4v) is 2.07. The standard InChI is InChI=1S/C16H20N2O/c1-11(2)18-9-8-14(17-18)10-16(19)15-7-5-6-12(3)13(15)4/h5-9,11H,10H2,1-4H3. The summed E-state index contributed by atoms with van der Waals surface area (Å²) in [5, 5.41) is 4.42. The van der Waals surface area contributed by atoms with Crippen molar-refractivity contribution in [1.29, 1.82) is 0 Å². The highest BCUT2D eigenvalue weighted by Crippen LogP contribution is 2.15. The van der Waals surface area contributed by atoms with E-state index in [1.54, 1.807) is 0 Å². The van der Waals surface area contributed by atoms with E-state index >= 15 is 0 Å². The van der Waals surface area contributed by atoms with Crippen molar-refractivity contribution in [2.75, 3.05) is 0 Å².